The van der Waals surface area contributed by atoms with Gasteiger partial charge in [-0.1, -0.05) is 0 Å². The summed E-state index contributed by atoms with van der Waals surface area (Å²) in [7, 11) is 3.73. The SMILES string of the molecule is CN(C)CCCNC(=O)c1cc(F)c(F)cc1[N+](=O)[O-]. The fraction of sp³-hybridized carbons (Fsp3) is 0.417. The first-order valence-corrected chi connectivity index (χ1v) is 5.89. The molecule has 1 aromatic rings. The first-order chi connectivity index (χ1) is 9.32. The van der Waals surface area contributed by atoms with Crippen LogP contribution in [0.3, 0.4) is 0 Å². The van der Waals surface area contributed by atoms with Crippen molar-refractivity contribution in [3.05, 3.63) is 39.4 Å². The third-order valence-electron chi connectivity index (χ3n) is 2.55. The van der Waals surface area contributed by atoms with Crippen molar-refractivity contribution >= 4 is 11.6 Å². The van der Waals surface area contributed by atoms with E-state index in [9.17, 15) is 23.7 Å². The Balaban J connectivity index is 2.81. The number of nitro benzene ring substituents is 1. The molecule has 0 spiro atoms. The molecule has 1 rings (SSSR count). The monoisotopic (exact) mass is 287 g/mol. The summed E-state index contributed by atoms with van der Waals surface area (Å²) < 4.78 is 26.1. The number of carbonyl (C=O) groups is 1. The quantitative estimate of drug-likeness (QED) is 0.489. The van der Waals surface area contributed by atoms with Crippen molar-refractivity contribution in [3.63, 3.8) is 0 Å². The van der Waals surface area contributed by atoms with Gasteiger partial charge in [0.15, 0.2) is 11.6 Å². The van der Waals surface area contributed by atoms with Crippen LogP contribution in [0, 0.1) is 21.7 Å². The van der Waals surface area contributed by atoms with Crippen LogP contribution in [-0.4, -0.2) is 42.9 Å². The molecule has 0 aliphatic carbocycles. The maximum Gasteiger partial charge on any atom is 0.285 e. The number of rotatable bonds is 6. The van der Waals surface area contributed by atoms with Crippen molar-refractivity contribution in [3.8, 4) is 0 Å². The Labute approximate surface area is 114 Å². The molecule has 1 amide bonds. The minimum Gasteiger partial charge on any atom is -0.352 e. The fourth-order valence-electron chi connectivity index (χ4n) is 1.56. The predicted octanol–water partition coefficient (Wildman–Crippen LogP) is 1.55. The highest BCUT2D eigenvalue weighted by Gasteiger charge is 2.23. The zero-order valence-corrected chi connectivity index (χ0v) is 11.2. The number of nitrogens with one attached hydrogen (secondary N) is 1. The van der Waals surface area contributed by atoms with Crippen LogP contribution in [0.5, 0.6) is 0 Å². The van der Waals surface area contributed by atoms with Gasteiger partial charge in [0.25, 0.3) is 11.6 Å². The van der Waals surface area contributed by atoms with Crippen molar-refractivity contribution in [2.45, 2.75) is 6.42 Å². The molecule has 1 aromatic carbocycles. The van der Waals surface area contributed by atoms with E-state index in [-0.39, 0.29) is 6.54 Å². The smallest absolute Gasteiger partial charge is 0.285 e. The Bertz CT molecular complexity index is 521. The number of amides is 1. The molecule has 6 nitrogen and oxygen atoms in total. The lowest BCUT2D eigenvalue weighted by Crippen LogP contribution is -2.27. The second-order valence-electron chi connectivity index (χ2n) is 4.45. The highest BCUT2D eigenvalue weighted by Crippen LogP contribution is 2.22. The van der Waals surface area contributed by atoms with E-state index in [0.717, 1.165) is 6.54 Å². The van der Waals surface area contributed by atoms with Crippen LogP contribution in [0.2, 0.25) is 0 Å². The van der Waals surface area contributed by atoms with Gasteiger partial charge in [-0.15, -0.1) is 0 Å². The van der Waals surface area contributed by atoms with Crippen molar-refractivity contribution in [2.24, 2.45) is 0 Å². The zero-order valence-electron chi connectivity index (χ0n) is 11.2. The lowest BCUT2D eigenvalue weighted by Gasteiger charge is -2.10. The van der Waals surface area contributed by atoms with Gasteiger partial charge in [0.1, 0.15) is 5.56 Å². The second-order valence-corrected chi connectivity index (χ2v) is 4.45. The van der Waals surface area contributed by atoms with E-state index in [1.54, 1.807) is 0 Å². The van der Waals surface area contributed by atoms with Gasteiger partial charge in [0.05, 0.1) is 11.0 Å². The normalized spacial score (nSPS) is 10.7. The summed E-state index contributed by atoms with van der Waals surface area (Å²) >= 11 is 0. The molecule has 0 radical (unpaired) electrons. The molecule has 0 saturated carbocycles. The number of nitro groups is 1. The minimum atomic E-state index is -1.36. The molecular weight excluding hydrogens is 272 g/mol. The lowest BCUT2D eigenvalue weighted by molar-refractivity contribution is -0.385. The summed E-state index contributed by atoms with van der Waals surface area (Å²) in [6, 6.07) is 0.943. The summed E-state index contributed by atoms with van der Waals surface area (Å²) in [5.74, 6) is -3.45. The van der Waals surface area contributed by atoms with E-state index in [1.165, 1.54) is 0 Å². The van der Waals surface area contributed by atoms with Crippen LogP contribution in [0.15, 0.2) is 12.1 Å². The van der Waals surface area contributed by atoms with Gasteiger partial charge >= 0.3 is 0 Å². The van der Waals surface area contributed by atoms with Crippen LogP contribution in [0.25, 0.3) is 0 Å². The molecule has 0 bridgehead atoms. The number of benzene rings is 1. The summed E-state index contributed by atoms with van der Waals surface area (Å²) in [5.41, 5.74) is -1.24. The van der Waals surface area contributed by atoms with Crippen LogP contribution >= 0.6 is 0 Å². The van der Waals surface area contributed by atoms with E-state index in [4.69, 9.17) is 0 Å². The number of carbonyl (C=O) groups excluding carboxylic acids is 1. The maximum atomic E-state index is 13.1. The number of hydrogen-bond acceptors (Lipinski definition) is 4. The topological polar surface area (TPSA) is 75.5 Å². The van der Waals surface area contributed by atoms with Gasteiger partial charge in [-0.3, -0.25) is 14.9 Å². The molecule has 0 heterocycles. The minimum absolute atomic E-state index is 0.285. The molecule has 0 fully saturated rings. The first kappa shape index (κ1) is 16.0. The standard InChI is InChI=1S/C12H15F2N3O3/c1-16(2)5-3-4-15-12(18)8-6-9(13)10(14)7-11(8)17(19)20/h6-7H,3-5H2,1-2H3,(H,15,18). The lowest BCUT2D eigenvalue weighted by atomic mass is 10.1. The van der Waals surface area contributed by atoms with Gasteiger partial charge < -0.3 is 10.2 Å². The fourth-order valence-corrected chi connectivity index (χ4v) is 1.56. The molecule has 110 valence electrons. The maximum absolute atomic E-state index is 13.1. The summed E-state index contributed by atoms with van der Waals surface area (Å²) in [4.78, 5) is 23.5. The van der Waals surface area contributed by atoms with Crippen molar-refractivity contribution in [1.29, 1.82) is 0 Å². The van der Waals surface area contributed by atoms with Crippen LogP contribution in [-0.2, 0) is 0 Å². The Morgan fingerprint density at radius 3 is 2.50 bits per heavy atom. The highest BCUT2D eigenvalue weighted by atomic mass is 19.2. The molecule has 0 atom stereocenters. The largest absolute Gasteiger partial charge is 0.352 e. The first-order valence-electron chi connectivity index (χ1n) is 5.89. The van der Waals surface area contributed by atoms with Crippen molar-refractivity contribution < 1.29 is 18.5 Å². The molecule has 0 saturated heterocycles. The van der Waals surface area contributed by atoms with Crippen LogP contribution in [0.1, 0.15) is 16.8 Å². The van der Waals surface area contributed by atoms with Gasteiger partial charge in [0, 0.05) is 6.54 Å². The second kappa shape index (κ2) is 6.90. The number of halogens is 2. The third-order valence-corrected chi connectivity index (χ3v) is 2.55. The van der Waals surface area contributed by atoms with Crippen molar-refractivity contribution in [1.82, 2.24) is 10.2 Å². The number of nitrogens with zero attached hydrogens (tertiary/aromatic N) is 2. The third kappa shape index (κ3) is 4.23. The predicted molar refractivity (Wildman–Crippen MR) is 68.5 cm³/mol. The summed E-state index contributed by atoms with van der Waals surface area (Å²) in [5, 5.41) is 13.2. The van der Waals surface area contributed by atoms with Gasteiger partial charge in [-0.05, 0) is 33.1 Å². The summed E-state index contributed by atoms with van der Waals surface area (Å²) in [6.07, 6.45) is 0.635. The van der Waals surface area contributed by atoms with Gasteiger partial charge in [-0.2, -0.15) is 0 Å². The summed E-state index contributed by atoms with van der Waals surface area (Å²) in [6.45, 7) is 1.01. The highest BCUT2D eigenvalue weighted by molar-refractivity contribution is 5.98. The van der Waals surface area contributed by atoms with Gasteiger partial charge in [0.2, 0.25) is 0 Å². The Morgan fingerprint density at radius 1 is 1.35 bits per heavy atom. The zero-order chi connectivity index (χ0) is 15.3. The molecule has 20 heavy (non-hydrogen) atoms. The Morgan fingerprint density at radius 2 is 1.95 bits per heavy atom. The molecular formula is C12H15F2N3O3. The van der Waals surface area contributed by atoms with E-state index >= 15 is 0 Å². The van der Waals surface area contributed by atoms with Gasteiger partial charge in [-0.25, -0.2) is 8.78 Å². The van der Waals surface area contributed by atoms with E-state index < -0.39 is 33.7 Å². The van der Waals surface area contributed by atoms with E-state index in [1.807, 2.05) is 19.0 Å². The van der Waals surface area contributed by atoms with E-state index in [0.29, 0.717) is 18.6 Å². The Kier molecular flexibility index (Phi) is 5.51. The van der Waals surface area contributed by atoms with E-state index in [2.05, 4.69) is 5.32 Å². The van der Waals surface area contributed by atoms with Crippen LogP contribution < -0.4 is 5.32 Å². The molecule has 0 unspecified atom stereocenters. The molecule has 1 N–H and O–H groups in total. The molecule has 0 aromatic heterocycles. The average Bonchev–Trinajstić information content (AvgIpc) is 2.36. The molecule has 0 aliphatic rings. The average molecular weight is 287 g/mol. The number of hydrogen-bond donors (Lipinski definition) is 1. The Hall–Kier alpha value is -2.09. The molecule has 8 heteroatoms. The van der Waals surface area contributed by atoms with Crippen LogP contribution in [0.4, 0.5) is 14.5 Å². The molecule has 0 aliphatic heterocycles. The van der Waals surface area contributed by atoms with Crippen molar-refractivity contribution in [2.75, 3.05) is 27.2 Å².